The second-order valence-electron chi connectivity index (χ2n) is 4.86. The summed E-state index contributed by atoms with van der Waals surface area (Å²) < 4.78 is 43.1. The molecular weight excluding hydrogens is 293 g/mol. The summed E-state index contributed by atoms with van der Waals surface area (Å²) in [5, 5.41) is 2.96. The van der Waals surface area contributed by atoms with Crippen LogP contribution in [0.15, 0.2) is 47.4 Å². The lowest BCUT2D eigenvalue weighted by Gasteiger charge is -2.15. The maximum Gasteiger partial charge on any atom is 0.181 e. The lowest BCUT2D eigenvalue weighted by atomic mass is 10.1. The summed E-state index contributed by atoms with van der Waals surface area (Å²) in [4.78, 5) is 0.311. The Morgan fingerprint density at radius 1 is 1.24 bits per heavy atom. The minimum Gasteiger partial charge on any atom is -0.497 e. The van der Waals surface area contributed by atoms with E-state index in [1.165, 1.54) is 25.3 Å². The van der Waals surface area contributed by atoms with Gasteiger partial charge in [0, 0.05) is 6.07 Å². The maximum atomic E-state index is 13.9. The number of hydrogen-bond acceptors (Lipinski definition) is 4. The molecule has 2 aromatic rings. The molecule has 1 unspecified atom stereocenters. The molecule has 0 fully saturated rings. The summed E-state index contributed by atoms with van der Waals surface area (Å²) in [5.74, 6) is -0.0196. The van der Waals surface area contributed by atoms with Gasteiger partial charge in [0.15, 0.2) is 9.84 Å². The quantitative estimate of drug-likeness (QED) is 0.947. The largest absolute Gasteiger partial charge is 0.497 e. The van der Waals surface area contributed by atoms with Crippen LogP contribution in [0.25, 0.3) is 0 Å². The Labute approximate surface area is 122 Å². The zero-order valence-electron chi connectivity index (χ0n) is 11.3. The van der Waals surface area contributed by atoms with E-state index < -0.39 is 21.7 Å². The van der Waals surface area contributed by atoms with Crippen molar-refractivity contribution in [2.45, 2.75) is 10.9 Å². The summed E-state index contributed by atoms with van der Waals surface area (Å²) in [6.45, 7) is 0. The number of anilines is 1. The second kappa shape index (κ2) is 5.04. The van der Waals surface area contributed by atoms with Crippen molar-refractivity contribution >= 4 is 15.5 Å². The van der Waals surface area contributed by atoms with E-state index in [1.54, 1.807) is 24.3 Å². The zero-order valence-corrected chi connectivity index (χ0v) is 12.2. The molecule has 21 heavy (non-hydrogen) atoms. The first-order chi connectivity index (χ1) is 10.0. The van der Waals surface area contributed by atoms with Crippen LogP contribution in [0.5, 0.6) is 5.75 Å². The smallest absolute Gasteiger partial charge is 0.181 e. The van der Waals surface area contributed by atoms with Crippen LogP contribution in [0.3, 0.4) is 0 Å². The summed E-state index contributed by atoms with van der Waals surface area (Å²) in [6.07, 6.45) is 0. The molecule has 0 saturated carbocycles. The van der Waals surface area contributed by atoms with E-state index in [0.29, 0.717) is 16.2 Å². The Morgan fingerprint density at radius 2 is 2.00 bits per heavy atom. The Morgan fingerprint density at radius 3 is 2.76 bits per heavy atom. The van der Waals surface area contributed by atoms with Crippen LogP contribution in [0.4, 0.5) is 10.1 Å². The lowest BCUT2D eigenvalue weighted by Crippen LogP contribution is -2.13. The number of halogens is 1. The summed E-state index contributed by atoms with van der Waals surface area (Å²) in [7, 11) is -1.83. The first-order valence-corrected chi connectivity index (χ1v) is 8.08. The predicted octanol–water partition coefficient (Wildman–Crippen LogP) is 2.77. The van der Waals surface area contributed by atoms with Gasteiger partial charge in [0.25, 0.3) is 0 Å². The van der Waals surface area contributed by atoms with Crippen molar-refractivity contribution in [2.24, 2.45) is 0 Å². The van der Waals surface area contributed by atoms with Crippen LogP contribution in [-0.2, 0) is 9.84 Å². The monoisotopic (exact) mass is 307 g/mol. The molecule has 110 valence electrons. The Hall–Kier alpha value is -2.08. The highest BCUT2D eigenvalue weighted by molar-refractivity contribution is 7.91. The van der Waals surface area contributed by atoms with Crippen molar-refractivity contribution in [2.75, 3.05) is 18.2 Å². The second-order valence-corrected chi connectivity index (χ2v) is 6.86. The molecule has 0 aliphatic carbocycles. The van der Waals surface area contributed by atoms with E-state index in [1.807, 2.05) is 0 Å². The Kier molecular flexibility index (Phi) is 3.33. The normalized spacial score (nSPS) is 19.0. The highest BCUT2D eigenvalue weighted by atomic mass is 32.2. The lowest BCUT2D eigenvalue weighted by molar-refractivity contribution is 0.414. The van der Waals surface area contributed by atoms with Gasteiger partial charge in [0.2, 0.25) is 0 Å². The molecule has 2 aromatic carbocycles. The van der Waals surface area contributed by atoms with Crippen LogP contribution < -0.4 is 10.1 Å². The van der Waals surface area contributed by atoms with Crippen molar-refractivity contribution in [3.05, 3.63) is 53.8 Å². The third-order valence-electron chi connectivity index (χ3n) is 3.52. The molecule has 1 aliphatic heterocycles. The van der Waals surface area contributed by atoms with E-state index in [0.717, 1.165) is 0 Å². The molecule has 1 heterocycles. The molecule has 1 atom stereocenters. The standard InChI is InChI=1S/C15H14FNO3S/c1-20-10-6-7-12(16)13(8-10)17-14-9-21(18,19)15-5-3-2-4-11(14)15/h2-8,14,17H,9H2,1H3. The molecule has 0 spiro atoms. The molecule has 1 N–H and O–H groups in total. The first kappa shape index (κ1) is 13.9. The molecular formula is C15H14FNO3S. The molecule has 4 nitrogen and oxygen atoms in total. The highest BCUT2D eigenvalue weighted by Crippen LogP contribution is 2.36. The van der Waals surface area contributed by atoms with Gasteiger partial charge < -0.3 is 10.1 Å². The third kappa shape index (κ3) is 2.47. The fraction of sp³-hybridized carbons (Fsp3) is 0.200. The predicted molar refractivity (Wildman–Crippen MR) is 77.8 cm³/mol. The summed E-state index contributed by atoms with van der Waals surface area (Å²) in [6, 6.07) is 10.6. The molecule has 0 radical (unpaired) electrons. The third-order valence-corrected chi connectivity index (χ3v) is 5.33. The topological polar surface area (TPSA) is 55.4 Å². The van der Waals surface area contributed by atoms with Gasteiger partial charge in [-0.25, -0.2) is 12.8 Å². The Balaban J connectivity index is 1.97. The number of ether oxygens (including phenoxy) is 1. The maximum absolute atomic E-state index is 13.9. The minimum absolute atomic E-state index is 0.0804. The van der Waals surface area contributed by atoms with E-state index in [-0.39, 0.29) is 11.4 Å². The average molecular weight is 307 g/mol. The van der Waals surface area contributed by atoms with Gasteiger partial charge in [-0.15, -0.1) is 0 Å². The van der Waals surface area contributed by atoms with Gasteiger partial charge in [-0.05, 0) is 23.8 Å². The van der Waals surface area contributed by atoms with Crippen molar-refractivity contribution in [3.8, 4) is 5.75 Å². The molecule has 3 rings (SSSR count). The van der Waals surface area contributed by atoms with Gasteiger partial charge in [-0.2, -0.15) is 0 Å². The van der Waals surface area contributed by atoms with Crippen LogP contribution in [0, 0.1) is 5.82 Å². The molecule has 0 aromatic heterocycles. The zero-order chi connectivity index (χ0) is 15.0. The van der Waals surface area contributed by atoms with Crippen LogP contribution in [0.1, 0.15) is 11.6 Å². The highest BCUT2D eigenvalue weighted by Gasteiger charge is 2.34. The number of benzene rings is 2. The van der Waals surface area contributed by atoms with Crippen molar-refractivity contribution in [1.82, 2.24) is 0 Å². The number of hydrogen-bond donors (Lipinski definition) is 1. The van der Waals surface area contributed by atoms with Crippen molar-refractivity contribution in [3.63, 3.8) is 0 Å². The Bertz CT molecular complexity index is 789. The van der Waals surface area contributed by atoms with Gasteiger partial charge in [-0.3, -0.25) is 0 Å². The van der Waals surface area contributed by atoms with Crippen LogP contribution in [-0.4, -0.2) is 21.3 Å². The molecule has 0 amide bonds. The van der Waals surface area contributed by atoms with E-state index in [2.05, 4.69) is 5.32 Å². The van der Waals surface area contributed by atoms with Crippen molar-refractivity contribution in [1.29, 1.82) is 0 Å². The van der Waals surface area contributed by atoms with E-state index >= 15 is 0 Å². The van der Waals surface area contributed by atoms with E-state index in [4.69, 9.17) is 4.74 Å². The first-order valence-electron chi connectivity index (χ1n) is 6.43. The molecule has 1 aliphatic rings. The molecule has 6 heteroatoms. The van der Waals surface area contributed by atoms with Gasteiger partial charge in [0.1, 0.15) is 11.6 Å². The number of sulfone groups is 1. The average Bonchev–Trinajstić information content (AvgIpc) is 2.73. The number of rotatable bonds is 3. The van der Waals surface area contributed by atoms with Crippen LogP contribution >= 0.6 is 0 Å². The van der Waals surface area contributed by atoms with Gasteiger partial charge >= 0.3 is 0 Å². The van der Waals surface area contributed by atoms with E-state index in [9.17, 15) is 12.8 Å². The van der Waals surface area contributed by atoms with Crippen LogP contribution in [0.2, 0.25) is 0 Å². The summed E-state index contributed by atoms with van der Waals surface area (Å²) >= 11 is 0. The van der Waals surface area contributed by atoms with Crippen molar-refractivity contribution < 1.29 is 17.5 Å². The molecule has 0 bridgehead atoms. The molecule has 0 saturated heterocycles. The van der Waals surface area contributed by atoms with Gasteiger partial charge in [-0.1, -0.05) is 18.2 Å². The number of nitrogens with one attached hydrogen (secondary N) is 1. The minimum atomic E-state index is -3.32. The fourth-order valence-electron chi connectivity index (χ4n) is 2.50. The van der Waals surface area contributed by atoms with Gasteiger partial charge in [0.05, 0.1) is 29.5 Å². The summed E-state index contributed by atoms with van der Waals surface area (Å²) in [5.41, 5.74) is 0.894. The fourth-order valence-corrected chi connectivity index (χ4v) is 4.24. The number of fused-ring (bicyclic) bond motifs is 1. The SMILES string of the molecule is COc1ccc(F)c(NC2CS(=O)(=O)c3ccccc32)c1. The number of methoxy groups -OCH3 is 1.